The molecule has 11 heteroatoms. The lowest BCUT2D eigenvalue weighted by molar-refractivity contribution is -0.142. The van der Waals surface area contributed by atoms with Crippen LogP contribution >= 0.6 is 0 Å². The molecule has 1 aliphatic heterocycles. The SMILES string of the molecule is COC1N(N(C)C)C(=O)c2c(O)c(=O)c(C(=O)NCc3ccc(F)cc3F)cn2C12CC2. The van der Waals surface area contributed by atoms with Gasteiger partial charge in [0.15, 0.2) is 17.7 Å². The number of fused-ring (bicyclic) bond motifs is 2. The molecule has 1 aromatic carbocycles. The molecule has 2 heterocycles. The van der Waals surface area contributed by atoms with E-state index in [-0.39, 0.29) is 17.8 Å². The van der Waals surface area contributed by atoms with Gasteiger partial charge in [-0.25, -0.2) is 18.8 Å². The first-order chi connectivity index (χ1) is 15.1. The van der Waals surface area contributed by atoms with Crippen LogP contribution in [0.2, 0.25) is 0 Å². The van der Waals surface area contributed by atoms with Crippen LogP contribution in [-0.2, 0) is 16.8 Å². The fourth-order valence-corrected chi connectivity index (χ4v) is 4.14. The molecule has 1 unspecified atom stereocenters. The van der Waals surface area contributed by atoms with Crippen molar-refractivity contribution >= 4 is 11.8 Å². The molecular weight excluding hydrogens is 426 g/mol. The normalized spacial score (nSPS) is 18.8. The zero-order valence-electron chi connectivity index (χ0n) is 17.7. The predicted molar refractivity (Wildman–Crippen MR) is 108 cm³/mol. The number of pyridine rings is 1. The first-order valence-corrected chi connectivity index (χ1v) is 9.87. The average molecular weight is 448 g/mol. The number of carbonyl (C=O) groups is 2. The summed E-state index contributed by atoms with van der Waals surface area (Å²) in [6.45, 7) is -0.300. The highest BCUT2D eigenvalue weighted by Gasteiger charge is 2.60. The van der Waals surface area contributed by atoms with Crippen molar-refractivity contribution in [1.82, 2.24) is 19.9 Å². The molecule has 1 atom stereocenters. The number of hydrogen-bond donors (Lipinski definition) is 2. The van der Waals surface area contributed by atoms with Crippen LogP contribution in [0.4, 0.5) is 8.78 Å². The first-order valence-electron chi connectivity index (χ1n) is 9.87. The van der Waals surface area contributed by atoms with E-state index in [0.29, 0.717) is 18.9 Å². The average Bonchev–Trinajstić information content (AvgIpc) is 3.52. The summed E-state index contributed by atoms with van der Waals surface area (Å²) in [4.78, 5) is 38.6. The molecule has 1 aromatic heterocycles. The minimum Gasteiger partial charge on any atom is -0.503 e. The van der Waals surface area contributed by atoms with Crippen molar-refractivity contribution < 1.29 is 28.2 Å². The van der Waals surface area contributed by atoms with Gasteiger partial charge in [0.2, 0.25) is 5.43 Å². The minimum absolute atomic E-state index is 0.0250. The molecule has 0 radical (unpaired) electrons. The Balaban J connectivity index is 1.73. The van der Waals surface area contributed by atoms with Crippen LogP contribution in [0.15, 0.2) is 29.2 Å². The Labute approximate surface area is 181 Å². The Morgan fingerprint density at radius 1 is 1.31 bits per heavy atom. The van der Waals surface area contributed by atoms with Crippen LogP contribution in [-0.4, -0.2) is 58.9 Å². The molecular formula is C21H22F2N4O5. The summed E-state index contributed by atoms with van der Waals surface area (Å²) in [5.41, 5.74) is -2.37. The molecule has 2 aliphatic rings. The Kier molecular flexibility index (Phi) is 5.25. The lowest BCUT2D eigenvalue weighted by atomic mass is 10.0. The lowest BCUT2D eigenvalue weighted by Gasteiger charge is -2.45. The Morgan fingerprint density at radius 2 is 2.00 bits per heavy atom. The number of carbonyl (C=O) groups excluding carboxylic acids is 2. The van der Waals surface area contributed by atoms with Gasteiger partial charge in [0.1, 0.15) is 17.2 Å². The third-order valence-corrected chi connectivity index (χ3v) is 5.87. The highest BCUT2D eigenvalue weighted by molar-refractivity contribution is 5.99. The highest BCUT2D eigenvalue weighted by atomic mass is 19.1. The molecule has 1 fully saturated rings. The van der Waals surface area contributed by atoms with E-state index in [9.17, 15) is 28.3 Å². The molecule has 32 heavy (non-hydrogen) atoms. The van der Waals surface area contributed by atoms with Gasteiger partial charge in [-0.2, -0.15) is 0 Å². The quantitative estimate of drug-likeness (QED) is 0.712. The number of amides is 2. The van der Waals surface area contributed by atoms with Crippen LogP contribution in [0.1, 0.15) is 39.3 Å². The number of aromatic hydroxyl groups is 1. The topological polar surface area (TPSA) is 104 Å². The second kappa shape index (κ2) is 7.68. The molecule has 2 amide bonds. The largest absolute Gasteiger partial charge is 0.503 e. The molecule has 1 saturated carbocycles. The smallest absolute Gasteiger partial charge is 0.291 e. The predicted octanol–water partition coefficient (Wildman–Crippen LogP) is 1.16. The van der Waals surface area contributed by atoms with Crippen molar-refractivity contribution in [3.63, 3.8) is 0 Å². The zero-order valence-corrected chi connectivity index (χ0v) is 17.7. The highest BCUT2D eigenvalue weighted by Crippen LogP contribution is 2.52. The Morgan fingerprint density at radius 3 is 2.56 bits per heavy atom. The number of hydrogen-bond acceptors (Lipinski definition) is 6. The van der Waals surface area contributed by atoms with Crippen LogP contribution in [0.3, 0.4) is 0 Å². The van der Waals surface area contributed by atoms with E-state index in [1.165, 1.54) is 34.0 Å². The maximum atomic E-state index is 13.9. The molecule has 1 spiro atoms. The second-order valence-electron chi connectivity index (χ2n) is 8.05. The van der Waals surface area contributed by atoms with Crippen LogP contribution < -0.4 is 10.7 Å². The molecule has 2 N–H and O–H groups in total. The van der Waals surface area contributed by atoms with Crippen LogP contribution in [0.25, 0.3) is 0 Å². The number of rotatable bonds is 5. The van der Waals surface area contributed by atoms with Gasteiger partial charge < -0.3 is 19.7 Å². The molecule has 4 rings (SSSR count). The maximum absolute atomic E-state index is 13.9. The van der Waals surface area contributed by atoms with E-state index in [2.05, 4.69) is 5.32 Å². The van der Waals surface area contributed by atoms with Crippen molar-refractivity contribution in [2.24, 2.45) is 0 Å². The van der Waals surface area contributed by atoms with Gasteiger partial charge in [-0.05, 0) is 18.9 Å². The molecule has 170 valence electrons. The van der Waals surface area contributed by atoms with Gasteiger partial charge in [-0.15, -0.1) is 0 Å². The summed E-state index contributed by atoms with van der Waals surface area (Å²) in [5, 5.41) is 15.8. The van der Waals surface area contributed by atoms with E-state index in [4.69, 9.17) is 4.74 Å². The van der Waals surface area contributed by atoms with Crippen molar-refractivity contribution in [2.45, 2.75) is 31.2 Å². The van der Waals surface area contributed by atoms with Gasteiger partial charge in [0, 0.05) is 45.6 Å². The monoisotopic (exact) mass is 448 g/mol. The molecule has 9 nitrogen and oxygen atoms in total. The van der Waals surface area contributed by atoms with Crippen LogP contribution in [0.5, 0.6) is 5.75 Å². The second-order valence-corrected chi connectivity index (χ2v) is 8.05. The lowest BCUT2D eigenvalue weighted by Crippen LogP contribution is -2.61. The van der Waals surface area contributed by atoms with Crippen molar-refractivity contribution in [3.8, 4) is 5.75 Å². The molecule has 0 bridgehead atoms. The van der Waals surface area contributed by atoms with E-state index in [0.717, 1.165) is 6.07 Å². The molecule has 2 aromatic rings. The van der Waals surface area contributed by atoms with Gasteiger partial charge >= 0.3 is 0 Å². The van der Waals surface area contributed by atoms with Gasteiger partial charge in [-0.3, -0.25) is 14.4 Å². The zero-order chi connectivity index (χ0) is 23.4. The van der Waals surface area contributed by atoms with E-state index < -0.39 is 52.0 Å². The number of hydrazine groups is 1. The fraction of sp³-hybridized carbons (Fsp3) is 0.381. The summed E-state index contributed by atoms with van der Waals surface area (Å²) in [5.74, 6) is -3.95. The molecule has 0 saturated heterocycles. The van der Waals surface area contributed by atoms with Gasteiger partial charge in [0.25, 0.3) is 11.8 Å². The number of methoxy groups -OCH3 is 1. The van der Waals surface area contributed by atoms with E-state index >= 15 is 0 Å². The maximum Gasteiger partial charge on any atom is 0.291 e. The number of benzene rings is 1. The number of nitrogens with zero attached hydrogens (tertiary/aromatic N) is 3. The fourth-order valence-electron chi connectivity index (χ4n) is 4.14. The van der Waals surface area contributed by atoms with Crippen molar-refractivity contribution in [2.75, 3.05) is 21.2 Å². The summed E-state index contributed by atoms with van der Waals surface area (Å²) in [6, 6.07) is 2.91. The number of halogens is 2. The number of nitrogens with one attached hydrogen (secondary N) is 1. The van der Waals surface area contributed by atoms with Gasteiger partial charge in [-0.1, -0.05) is 6.07 Å². The third kappa shape index (κ3) is 3.24. The number of aromatic nitrogens is 1. The van der Waals surface area contributed by atoms with Gasteiger partial charge in [0.05, 0.1) is 5.54 Å². The third-order valence-electron chi connectivity index (χ3n) is 5.87. The number of ether oxygens (including phenoxy) is 1. The van der Waals surface area contributed by atoms with Crippen molar-refractivity contribution in [1.29, 1.82) is 0 Å². The molecule has 1 aliphatic carbocycles. The van der Waals surface area contributed by atoms with E-state index in [1.54, 1.807) is 14.1 Å². The Hall–Kier alpha value is -3.31. The summed E-state index contributed by atoms with van der Waals surface area (Å²) >= 11 is 0. The standard InChI is InChI=1S/C21H22F2N4O5/c1-25(2)27-19(31)15-17(29)16(28)13(10-26(15)21(6-7-21)20(27)32-3)18(30)24-9-11-4-5-12(22)8-14(11)23/h4-5,8,10,20,29H,6-7,9H2,1-3H3,(H,24,30). The minimum atomic E-state index is -1.02. The van der Waals surface area contributed by atoms with Crippen molar-refractivity contribution in [3.05, 3.63) is 63.1 Å². The van der Waals surface area contributed by atoms with E-state index in [1.807, 2.05) is 0 Å². The Bertz CT molecular complexity index is 1180. The van der Waals surface area contributed by atoms with Crippen LogP contribution in [0, 0.1) is 11.6 Å². The first kappa shape index (κ1) is 21.9. The summed E-state index contributed by atoms with van der Waals surface area (Å²) in [6.07, 6.45) is 1.72. The summed E-state index contributed by atoms with van der Waals surface area (Å²) < 4.78 is 33.9. The summed E-state index contributed by atoms with van der Waals surface area (Å²) in [7, 11) is 4.73.